The topological polar surface area (TPSA) is 32.8 Å². The van der Waals surface area contributed by atoms with Gasteiger partial charge >= 0.3 is 0 Å². The van der Waals surface area contributed by atoms with Gasteiger partial charge in [-0.1, -0.05) is 23.7 Å². The monoisotopic (exact) mass is 358 g/mol. The van der Waals surface area contributed by atoms with E-state index in [1.807, 2.05) is 4.90 Å². The average Bonchev–Trinajstić information content (AvgIpc) is 2.63. The minimum Gasteiger partial charge on any atom is -0.496 e. The molecule has 0 spiro atoms. The molecule has 0 aromatic heterocycles. The molecule has 0 radical (unpaired) electrons. The van der Waals surface area contributed by atoms with Gasteiger partial charge in [-0.3, -0.25) is 4.79 Å². The van der Waals surface area contributed by atoms with Crippen LogP contribution in [0.1, 0.15) is 21.5 Å². The predicted octanol–water partition coefficient (Wildman–Crippen LogP) is 3.93. The highest BCUT2D eigenvalue weighted by Gasteiger charge is 2.25. The predicted molar refractivity (Wildman–Crippen MR) is 102 cm³/mol. The Bertz CT molecular complexity index is 783. The molecule has 1 aliphatic rings. The lowest BCUT2D eigenvalue weighted by atomic mass is 10.1. The highest BCUT2D eigenvalue weighted by Crippen LogP contribution is 2.26. The number of carbonyl (C=O) groups is 1. The van der Waals surface area contributed by atoms with Gasteiger partial charge in [0.2, 0.25) is 0 Å². The van der Waals surface area contributed by atoms with E-state index in [0.717, 1.165) is 13.1 Å². The lowest BCUT2D eigenvalue weighted by Crippen LogP contribution is -2.49. The number of carbonyl (C=O) groups excluding carboxylic acids is 1. The first-order valence-corrected chi connectivity index (χ1v) is 8.82. The number of halogens is 1. The molecule has 1 saturated heterocycles. The summed E-state index contributed by atoms with van der Waals surface area (Å²) in [7, 11) is 1.57. The van der Waals surface area contributed by atoms with E-state index in [1.165, 1.54) is 16.8 Å². The molecular weight excluding hydrogens is 336 g/mol. The summed E-state index contributed by atoms with van der Waals surface area (Å²) in [4.78, 5) is 17.1. The van der Waals surface area contributed by atoms with E-state index in [2.05, 4.69) is 36.9 Å². The summed E-state index contributed by atoms with van der Waals surface area (Å²) < 4.78 is 5.32. The summed E-state index contributed by atoms with van der Waals surface area (Å²) in [5.74, 6) is 0.534. The number of hydrogen-bond acceptors (Lipinski definition) is 3. The number of anilines is 1. The molecule has 2 aromatic carbocycles. The van der Waals surface area contributed by atoms with Crippen LogP contribution in [0, 0.1) is 13.8 Å². The Morgan fingerprint density at radius 2 is 1.76 bits per heavy atom. The molecule has 132 valence electrons. The van der Waals surface area contributed by atoms with Gasteiger partial charge in [0.15, 0.2) is 0 Å². The molecule has 2 aromatic rings. The molecule has 0 unspecified atom stereocenters. The Labute approximate surface area is 154 Å². The third kappa shape index (κ3) is 3.74. The Hall–Kier alpha value is -2.20. The third-order valence-corrected chi connectivity index (χ3v) is 4.90. The minimum absolute atomic E-state index is 0.0278. The normalized spacial score (nSPS) is 14.6. The smallest absolute Gasteiger partial charge is 0.257 e. The van der Waals surface area contributed by atoms with Crippen LogP contribution in [0.25, 0.3) is 0 Å². The molecule has 3 rings (SSSR count). The maximum Gasteiger partial charge on any atom is 0.257 e. The summed E-state index contributed by atoms with van der Waals surface area (Å²) in [5.41, 5.74) is 4.30. The number of amides is 1. The van der Waals surface area contributed by atoms with Gasteiger partial charge in [-0.2, -0.15) is 0 Å². The molecule has 5 heteroatoms. The maximum absolute atomic E-state index is 12.9. The molecule has 0 atom stereocenters. The lowest BCUT2D eigenvalue weighted by Gasteiger charge is -2.37. The molecule has 0 N–H and O–H groups in total. The van der Waals surface area contributed by atoms with E-state index in [4.69, 9.17) is 16.3 Å². The highest BCUT2D eigenvalue weighted by molar-refractivity contribution is 6.31. The Morgan fingerprint density at radius 3 is 2.44 bits per heavy atom. The Morgan fingerprint density at radius 1 is 1.04 bits per heavy atom. The van der Waals surface area contributed by atoms with Crippen molar-refractivity contribution in [2.45, 2.75) is 13.8 Å². The first-order valence-electron chi connectivity index (χ1n) is 8.44. The molecule has 1 fully saturated rings. The average molecular weight is 359 g/mol. The lowest BCUT2D eigenvalue weighted by molar-refractivity contribution is 0.0743. The zero-order chi connectivity index (χ0) is 18.0. The zero-order valence-electron chi connectivity index (χ0n) is 14.9. The van der Waals surface area contributed by atoms with E-state index in [1.54, 1.807) is 25.3 Å². The number of aryl methyl sites for hydroxylation is 2. The highest BCUT2D eigenvalue weighted by atomic mass is 35.5. The Kier molecular flexibility index (Phi) is 5.19. The number of benzene rings is 2. The molecule has 1 heterocycles. The third-order valence-electron chi connectivity index (χ3n) is 4.66. The molecular formula is C20H23ClN2O2. The minimum atomic E-state index is -0.0278. The fourth-order valence-corrected chi connectivity index (χ4v) is 3.40. The van der Waals surface area contributed by atoms with E-state index in [-0.39, 0.29) is 5.91 Å². The molecule has 0 aliphatic carbocycles. The number of nitrogens with zero attached hydrogens (tertiary/aromatic N) is 2. The van der Waals surface area contributed by atoms with Crippen molar-refractivity contribution in [2.24, 2.45) is 0 Å². The second-order valence-electron chi connectivity index (χ2n) is 6.41. The van der Waals surface area contributed by atoms with Gasteiger partial charge in [-0.05, 0) is 49.2 Å². The maximum atomic E-state index is 12.9. The Balaban J connectivity index is 1.73. The number of hydrogen-bond donors (Lipinski definition) is 0. The van der Waals surface area contributed by atoms with Gasteiger partial charge in [-0.25, -0.2) is 0 Å². The van der Waals surface area contributed by atoms with Gasteiger partial charge in [0.1, 0.15) is 5.75 Å². The van der Waals surface area contributed by atoms with Crippen LogP contribution in [-0.2, 0) is 0 Å². The van der Waals surface area contributed by atoms with Gasteiger partial charge in [0.25, 0.3) is 5.91 Å². The number of rotatable bonds is 3. The van der Waals surface area contributed by atoms with Gasteiger partial charge in [0, 0.05) is 36.9 Å². The van der Waals surface area contributed by atoms with Crippen LogP contribution in [0.4, 0.5) is 5.69 Å². The zero-order valence-corrected chi connectivity index (χ0v) is 15.6. The van der Waals surface area contributed by atoms with Crippen molar-refractivity contribution in [3.05, 3.63) is 58.1 Å². The van der Waals surface area contributed by atoms with E-state index < -0.39 is 0 Å². The summed E-state index contributed by atoms with van der Waals surface area (Å²) >= 11 is 6.06. The number of ether oxygens (including phenoxy) is 1. The molecule has 4 nitrogen and oxygen atoms in total. The van der Waals surface area contributed by atoms with Gasteiger partial charge in [0.05, 0.1) is 12.7 Å². The summed E-state index contributed by atoms with van der Waals surface area (Å²) in [6.07, 6.45) is 0. The number of piperazine rings is 1. The van der Waals surface area contributed by atoms with Crippen molar-refractivity contribution < 1.29 is 9.53 Å². The van der Waals surface area contributed by atoms with Crippen LogP contribution in [0.5, 0.6) is 5.75 Å². The largest absolute Gasteiger partial charge is 0.496 e. The van der Waals surface area contributed by atoms with E-state index >= 15 is 0 Å². The first-order chi connectivity index (χ1) is 12.0. The van der Waals surface area contributed by atoms with Crippen molar-refractivity contribution in [3.8, 4) is 5.75 Å². The van der Waals surface area contributed by atoms with Crippen LogP contribution >= 0.6 is 11.6 Å². The van der Waals surface area contributed by atoms with E-state index in [9.17, 15) is 4.79 Å². The van der Waals surface area contributed by atoms with Crippen molar-refractivity contribution in [3.63, 3.8) is 0 Å². The van der Waals surface area contributed by atoms with Crippen LogP contribution in [-0.4, -0.2) is 44.1 Å². The molecule has 0 bridgehead atoms. The van der Waals surface area contributed by atoms with Crippen LogP contribution < -0.4 is 9.64 Å². The van der Waals surface area contributed by atoms with Gasteiger partial charge < -0.3 is 14.5 Å². The van der Waals surface area contributed by atoms with Crippen molar-refractivity contribution in [1.29, 1.82) is 0 Å². The number of methoxy groups -OCH3 is 1. The van der Waals surface area contributed by atoms with E-state index in [0.29, 0.717) is 29.4 Å². The molecule has 1 amide bonds. The standard InChI is InChI=1S/C20H23ClN2O2/c1-14-4-5-15(2)18(12-14)22-8-10-23(11-9-22)20(24)17-13-16(21)6-7-19(17)25-3/h4-7,12-13H,8-11H2,1-3H3. The first kappa shape index (κ1) is 17.6. The summed E-state index contributed by atoms with van der Waals surface area (Å²) in [5, 5.41) is 0.540. The summed E-state index contributed by atoms with van der Waals surface area (Å²) in [6, 6.07) is 11.6. The van der Waals surface area contributed by atoms with Crippen molar-refractivity contribution in [1.82, 2.24) is 4.90 Å². The summed E-state index contributed by atoms with van der Waals surface area (Å²) in [6.45, 7) is 7.23. The van der Waals surface area contributed by atoms with Crippen molar-refractivity contribution >= 4 is 23.2 Å². The molecule has 1 aliphatic heterocycles. The quantitative estimate of drug-likeness (QED) is 0.833. The molecule has 0 saturated carbocycles. The molecule has 25 heavy (non-hydrogen) atoms. The second-order valence-corrected chi connectivity index (χ2v) is 6.85. The van der Waals surface area contributed by atoms with Crippen molar-refractivity contribution in [2.75, 3.05) is 38.2 Å². The van der Waals surface area contributed by atoms with Crippen LogP contribution in [0.2, 0.25) is 5.02 Å². The van der Waals surface area contributed by atoms with Crippen LogP contribution in [0.3, 0.4) is 0 Å². The second kappa shape index (κ2) is 7.36. The van der Waals surface area contributed by atoms with Gasteiger partial charge in [-0.15, -0.1) is 0 Å². The van der Waals surface area contributed by atoms with Crippen LogP contribution in [0.15, 0.2) is 36.4 Å². The fourth-order valence-electron chi connectivity index (χ4n) is 3.23. The fraction of sp³-hybridized carbons (Fsp3) is 0.350. The SMILES string of the molecule is COc1ccc(Cl)cc1C(=O)N1CCN(c2cc(C)ccc2C)CC1.